The van der Waals surface area contributed by atoms with Crippen molar-refractivity contribution in [2.24, 2.45) is 0 Å². The predicted octanol–water partition coefficient (Wildman–Crippen LogP) is 5.11. The van der Waals surface area contributed by atoms with Crippen molar-refractivity contribution in [2.45, 2.75) is 52.4 Å². The summed E-state index contributed by atoms with van der Waals surface area (Å²) in [6.07, 6.45) is 10.4. The van der Waals surface area contributed by atoms with Crippen LogP contribution in [0.15, 0.2) is 42.0 Å². The zero-order valence-corrected chi connectivity index (χ0v) is 12.6. The fourth-order valence-corrected chi connectivity index (χ4v) is 2.93. The topological polar surface area (TPSA) is 17.1 Å². The normalized spacial score (nSPS) is 14.1. The van der Waals surface area contributed by atoms with Crippen LogP contribution < -0.4 is 0 Å². The largest absolute Gasteiger partial charge is 0.290 e. The van der Waals surface area contributed by atoms with Gasteiger partial charge in [-0.2, -0.15) is 0 Å². The predicted molar refractivity (Wildman–Crippen MR) is 85.6 cm³/mol. The molecule has 1 aromatic rings. The summed E-state index contributed by atoms with van der Waals surface area (Å²) in [6, 6.07) is 8.46. The molecule has 1 heteroatoms. The van der Waals surface area contributed by atoms with Crippen molar-refractivity contribution >= 4 is 11.4 Å². The number of allylic oxidation sites excluding steroid dienone is 4. The van der Waals surface area contributed by atoms with Crippen molar-refractivity contribution in [3.63, 3.8) is 0 Å². The van der Waals surface area contributed by atoms with Crippen LogP contribution in [0.3, 0.4) is 0 Å². The number of unbranched alkanes of at least 4 members (excludes halogenated alkanes) is 3. The van der Waals surface area contributed by atoms with Gasteiger partial charge >= 0.3 is 0 Å². The number of rotatable bonds is 7. The molecule has 2 rings (SSSR count). The van der Waals surface area contributed by atoms with Crippen molar-refractivity contribution in [1.29, 1.82) is 0 Å². The maximum atomic E-state index is 12.3. The second-order valence-electron chi connectivity index (χ2n) is 5.47. The highest BCUT2D eigenvalue weighted by Gasteiger charge is 2.23. The molecule has 0 saturated heterocycles. The Kier molecular flexibility index (Phi) is 5.34. The Morgan fingerprint density at radius 3 is 2.75 bits per heavy atom. The highest BCUT2D eigenvalue weighted by molar-refractivity contribution is 6.11. The van der Waals surface area contributed by atoms with Crippen molar-refractivity contribution in [3.8, 4) is 0 Å². The quantitative estimate of drug-likeness (QED) is 0.496. The fourth-order valence-electron chi connectivity index (χ4n) is 2.93. The van der Waals surface area contributed by atoms with Gasteiger partial charge in [0, 0.05) is 12.0 Å². The molecule has 0 fully saturated rings. The van der Waals surface area contributed by atoms with Gasteiger partial charge in [-0.1, -0.05) is 56.5 Å². The highest BCUT2D eigenvalue weighted by atomic mass is 16.1. The van der Waals surface area contributed by atoms with Gasteiger partial charge in [0.15, 0.2) is 5.78 Å². The number of hydrogen-bond donors (Lipinski definition) is 0. The van der Waals surface area contributed by atoms with Crippen LogP contribution in [0, 0.1) is 0 Å². The summed E-state index contributed by atoms with van der Waals surface area (Å²) in [4.78, 5) is 12.3. The van der Waals surface area contributed by atoms with E-state index in [0.29, 0.717) is 0 Å². The minimum atomic E-state index is 0.189. The molecule has 106 valence electrons. The van der Waals surface area contributed by atoms with E-state index in [-0.39, 0.29) is 5.78 Å². The van der Waals surface area contributed by atoms with Gasteiger partial charge in [-0.25, -0.2) is 0 Å². The molecule has 1 aliphatic rings. The molecule has 0 bridgehead atoms. The maximum Gasteiger partial charge on any atom is 0.182 e. The van der Waals surface area contributed by atoms with Crippen LogP contribution in [0.1, 0.15) is 57.1 Å². The number of benzene rings is 1. The van der Waals surface area contributed by atoms with Crippen LogP contribution >= 0.6 is 0 Å². The summed E-state index contributed by atoms with van der Waals surface area (Å²) in [6.45, 7) is 4.13. The molecule has 0 aliphatic heterocycles. The third-order valence-electron chi connectivity index (χ3n) is 3.97. The van der Waals surface area contributed by atoms with Crippen LogP contribution in [-0.2, 0) is 11.2 Å². The third kappa shape index (κ3) is 3.27. The van der Waals surface area contributed by atoms with E-state index in [9.17, 15) is 4.79 Å². The number of ketones is 1. The Morgan fingerprint density at radius 2 is 2.00 bits per heavy atom. The summed E-state index contributed by atoms with van der Waals surface area (Å²) in [5.74, 6) is 0.189. The smallest absolute Gasteiger partial charge is 0.182 e. The summed E-state index contributed by atoms with van der Waals surface area (Å²) in [5, 5.41) is 0. The van der Waals surface area contributed by atoms with E-state index in [4.69, 9.17) is 0 Å². The van der Waals surface area contributed by atoms with Gasteiger partial charge in [-0.3, -0.25) is 4.79 Å². The Bertz CT molecular complexity index is 534. The molecule has 0 atom stereocenters. The van der Waals surface area contributed by atoms with Crippen LogP contribution in [0.25, 0.3) is 5.57 Å². The van der Waals surface area contributed by atoms with Crippen molar-refractivity contribution in [3.05, 3.63) is 53.1 Å². The molecule has 0 heterocycles. The Morgan fingerprint density at radius 1 is 1.20 bits per heavy atom. The first-order chi connectivity index (χ1) is 9.77. The average Bonchev–Trinajstić information content (AvgIpc) is 2.83. The van der Waals surface area contributed by atoms with E-state index in [1.54, 1.807) is 6.08 Å². The van der Waals surface area contributed by atoms with E-state index in [0.717, 1.165) is 18.4 Å². The number of carbonyl (C=O) groups is 1. The van der Waals surface area contributed by atoms with Crippen LogP contribution in [-0.4, -0.2) is 5.78 Å². The molecule has 1 aliphatic carbocycles. The molecule has 1 nitrogen and oxygen atoms in total. The van der Waals surface area contributed by atoms with Gasteiger partial charge < -0.3 is 0 Å². The van der Waals surface area contributed by atoms with Gasteiger partial charge in [0.1, 0.15) is 0 Å². The number of hydrogen-bond acceptors (Lipinski definition) is 1. The average molecular weight is 268 g/mol. The molecule has 0 spiro atoms. The maximum absolute atomic E-state index is 12.3. The lowest BCUT2D eigenvalue weighted by molar-refractivity contribution is -0.111. The Labute approximate surface area is 122 Å². The fraction of sp³-hybridized carbons (Fsp3) is 0.421. The summed E-state index contributed by atoms with van der Waals surface area (Å²) in [5.41, 5.74) is 4.92. The molecule has 1 aromatic carbocycles. The van der Waals surface area contributed by atoms with E-state index < -0.39 is 0 Å². The number of fused-ring (bicyclic) bond motifs is 1. The van der Waals surface area contributed by atoms with Gasteiger partial charge in [0.2, 0.25) is 0 Å². The van der Waals surface area contributed by atoms with Crippen molar-refractivity contribution in [2.75, 3.05) is 0 Å². The van der Waals surface area contributed by atoms with Gasteiger partial charge in [-0.15, -0.1) is 0 Å². The monoisotopic (exact) mass is 268 g/mol. The lowest BCUT2D eigenvalue weighted by Crippen LogP contribution is -2.00. The van der Waals surface area contributed by atoms with E-state index in [1.807, 2.05) is 13.0 Å². The molecule has 0 amide bonds. The second kappa shape index (κ2) is 7.23. The molecule has 0 aromatic heterocycles. The van der Waals surface area contributed by atoms with Crippen LogP contribution in [0.2, 0.25) is 0 Å². The molecule has 20 heavy (non-hydrogen) atoms. The van der Waals surface area contributed by atoms with Gasteiger partial charge in [0.25, 0.3) is 0 Å². The summed E-state index contributed by atoms with van der Waals surface area (Å²) >= 11 is 0. The second-order valence-corrected chi connectivity index (χ2v) is 5.47. The molecule has 0 saturated carbocycles. The van der Waals surface area contributed by atoms with Gasteiger partial charge in [0.05, 0.1) is 0 Å². The lowest BCUT2D eigenvalue weighted by Gasteiger charge is -2.07. The SMILES string of the molecule is C/C=C/C(=O)C1=C(CCCCCC)c2ccccc2C1. The molecule has 0 unspecified atom stereocenters. The van der Waals surface area contributed by atoms with Crippen LogP contribution in [0.5, 0.6) is 0 Å². The first kappa shape index (κ1) is 14.8. The summed E-state index contributed by atoms with van der Waals surface area (Å²) < 4.78 is 0. The van der Waals surface area contributed by atoms with Crippen molar-refractivity contribution in [1.82, 2.24) is 0 Å². The first-order valence-electron chi connectivity index (χ1n) is 7.75. The standard InChI is InChI=1S/C19H24O/c1-3-5-6-7-13-17-16-12-9-8-11-15(16)14-18(17)19(20)10-4-2/h4,8-12H,3,5-7,13-14H2,1-2H3/b10-4+. The van der Waals surface area contributed by atoms with Crippen molar-refractivity contribution < 1.29 is 4.79 Å². The minimum absolute atomic E-state index is 0.189. The Balaban J connectivity index is 2.21. The van der Waals surface area contributed by atoms with E-state index in [1.165, 1.54) is 42.4 Å². The lowest BCUT2D eigenvalue weighted by atomic mass is 9.97. The third-order valence-corrected chi connectivity index (χ3v) is 3.97. The summed E-state index contributed by atoms with van der Waals surface area (Å²) in [7, 11) is 0. The Hall–Kier alpha value is -1.63. The number of carbonyl (C=O) groups excluding carboxylic acids is 1. The molecular weight excluding hydrogens is 244 g/mol. The van der Waals surface area contributed by atoms with E-state index >= 15 is 0 Å². The molecule has 0 N–H and O–H groups in total. The molecule has 0 radical (unpaired) electrons. The first-order valence-corrected chi connectivity index (χ1v) is 7.75. The van der Waals surface area contributed by atoms with E-state index in [2.05, 4.69) is 31.2 Å². The minimum Gasteiger partial charge on any atom is -0.290 e. The zero-order valence-electron chi connectivity index (χ0n) is 12.6. The zero-order chi connectivity index (χ0) is 14.4. The van der Waals surface area contributed by atoms with Crippen LogP contribution in [0.4, 0.5) is 0 Å². The highest BCUT2D eigenvalue weighted by Crippen LogP contribution is 2.36. The van der Waals surface area contributed by atoms with Gasteiger partial charge in [-0.05, 0) is 42.5 Å². The molecular formula is C19H24O.